The largest absolute Gasteiger partial charge is 0.444 e. The van der Waals surface area contributed by atoms with Gasteiger partial charge in [-0.15, -0.1) is 11.8 Å². The highest BCUT2D eigenvalue weighted by molar-refractivity contribution is 8.00. The molecule has 0 aliphatic rings. The number of halogens is 2. The minimum atomic E-state index is -0.722. The van der Waals surface area contributed by atoms with Gasteiger partial charge in [0.2, 0.25) is 5.89 Å². The summed E-state index contributed by atoms with van der Waals surface area (Å²) >= 11 is 8.00. The first-order valence-electron chi connectivity index (χ1n) is 8.28. The van der Waals surface area contributed by atoms with Crippen LogP contribution in [0.2, 0.25) is 0 Å². The number of thiazole rings is 1. The van der Waals surface area contributed by atoms with E-state index in [0.717, 1.165) is 22.1 Å². The number of oxazole rings is 1. The fourth-order valence-corrected chi connectivity index (χ4v) is 4.09. The molecule has 148 valence electrons. The number of thioether (sulfide) groups is 1. The molecule has 0 radical (unpaired) electrons. The standard InChI is InChI=1S/C18H18F2N4OS3/c1-18(2,3)12-7-21-13(25-12)9-27-14-8-22-17(28-14)24-16(26)23-15-10(19)5-4-6-11(15)20/h4-8H,9H2,1-3H3,(H2,22,23,24,26). The van der Waals surface area contributed by atoms with Crippen molar-refractivity contribution in [1.29, 1.82) is 0 Å². The molecule has 0 aliphatic carbocycles. The number of nitrogens with zero attached hydrogens (tertiary/aromatic N) is 2. The number of thiocarbonyl (C=S) groups is 1. The Balaban J connectivity index is 1.55. The summed E-state index contributed by atoms with van der Waals surface area (Å²) in [5, 5.41) is 5.91. The summed E-state index contributed by atoms with van der Waals surface area (Å²) in [4.78, 5) is 8.52. The van der Waals surface area contributed by atoms with E-state index in [2.05, 4.69) is 41.4 Å². The van der Waals surface area contributed by atoms with Crippen molar-refractivity contribution in [1.82, 2.24) is 9.97 Å². The number of para-hydroxylation sites is 1. The van der Waals surface area contributed by atoms with Crippen molar-refractivity contribution in [3.05, 3.63) is 53.9 Å². The highest BCUT2D eigenvalue weighted by atomic mass is 32.2. The van der Waals surface area contributed by atoms with Gasteiger partial charge in [0.15, 0.2) is 10.2 Å². The van der Waals surface area contributed by atoms with Gasteiger partial charge in [-0.1, -0.05) is 38.2 Å². The molecule has 0 amide bonds. The highest BCUT2D eigenvalue weighted by Gasteiger charge is 2.19. The van der Waals surface area contributed by atoms with E-state index in [1.165, 1.54) is 29.2 Å². The predicted molar refractivity (Wildman–Crippen MR) is 113 cm³/mol. The van der Waals surface area contributed by atoms with Crippen molar-refractivity contribution >= 4 is 51.2 Å². The van der Waals surface area contributed by atoms with E-state index in [-0.39, 0.29) is 16.2 Å². The van der Waals surface area contributed by atoms with E-state index in [1.807, 2.05) is 0 Å². The monoisotopic (exact) mass is 440 g/mol. The maximum Gasteiger partial charge on any atom is 0.204 e. The third kappa shape index (κ3) is 5.27. The second kappa shape index (κ2) is 8.54. The van der Waals surface area contributed by atoms with Gasteiger partial charge in [0.25, 0.3) is 0 Å². The van der Waals surface area contributed by atoms with Gasteiger partial charge in [-0.3, -0.25) is 0 Å². The Labute approximate surface area is 175 Å². The molecule has 0 bridgehead atoms. The van der Waals surface area contributed by atoms with Crippen LogP contribution in [0.15, 0.2) is 39.2 Å². The van der Waals surface area contributed by atoms with Crippen LogP contribution in [-0.2, 0) is 11.2 Å². The lowest BCUT2D eigenvalue weighted by Gasteiger charge is -2.12. The summed E-state index contributed by atoms with van der Waals surface area (Å²) in [7, 11) is 0. The third-order valence-electron chi connectivity index (χ3n) is 3.54. The normalized spacial score (nSPS) is 11.5. The van der Waals surface area contributed by atoms with E-state index in [0.29, 0.717) is 16.8 Å². The minimum absolute atomic E-state index is 0.0532. The number of nitrogens with one attached hydrogen (secondary N) is 2. The van der Waals surface area contributed by atoms with Crippen LogP contribution >= 0.6 is 35.3 Å². The molecule has 10 heteroatoms. The lowest BCUT2D eigenvalue weighted by molar-refractivity contribution is 0.391. The molecule has 0 fully saturated rings. The molecule has 0 atom stereocenters. The zero-order chi connectivity index (χ0) is 20.3. The first-order valence-corrected chi connectivity index (χ1v) is 10.5. The van der Waals surface area contributed by atoms with E-state index in [4.69, 9.17) is 16.6 Å². The van der Waals surface area contributed by atoms with Crippen molar-refractivity contribution < 1.29 is 13.2 Å². The Kier molecular flexibility index (Phi) is 6.31. The molecule has 0 spiro atoms. The Bertz CT molecular complexity index is 961. The molecule has 2 heterocycles. The van der Waals surface area contributed by atoms with Gasteiger partial charge in [-0.25, -0.2) is 18.7 Å². The Morgan fingerprint density at radius 3 is 2.54 bits per heavy atom. The van der Waals surface area contributed by atoms with Crippen molar-refractivity contribution in [2.24, 2.45) is 0 Å². The zero-order valence-electron chi connectivity index (χ0n) is 15.4. The molecule has 0 saturated heterocycles. The van der Waals surface area contributed by atoms with Crippen LogP contribution < -0.4 is 10.6 Å². The van der Waals surface area contributed by atoms with Crippen molar-refractivity contribution in [3.8, 4) is 0 Å². The van der Waals surface area contributed by atoms with Crippen LogP contribution in [0.5, 0.6) is 0 Å². The smallest absolute Gasteiger partial charge is 0.204 e. The van der Waals surface area contributed by atoms with Gasteiger partial charge < -0.3 is 15.1 Å². The van der Waals surface area contributed by atoms with Gasteiger partial charge in [0.1, 0.15) is 23.1 Å². The Hall–Kier alpha value is -2.04. The highest BCUT2D eigenvalue weighted by Crippen LogP contribution is 2.32. The maximum absolute atomic E-state index is 13.7. The van der Waals surface area contributed by atoms with Crippen LogP contribution in [0.1, 0.15) is 32.4 Å². The zero-order valence-corrected chi connectivity index (χ0v) is 17.8. The molecule has 0 saturated carbocycles. The van der Waals surface area contributed by atoms with Crippen LogP contribution in [0.4, 0.5) is 19.6 Å². The van der Waals surface area contributed by atoms with Crippen molar-refractivity contribution in [2.75, 3.05) is 10.6 Å². The first-order chi connectivity index (χ1) is 13.2. The molecular weight excluding hydrogens is 422 g/mol. The second-order valence-corrected chi connectivity index (χ2v) is 9.53. The van der Waals surface area contributed by atoms with Gasteiger partial charge in [0, 0.05) is 5.41 Å². The van der Waals surface area contributed by atoms with E-state index in [1.54, 1.807) is 12.4 Å². The molecule has 28 heavy (non-hydrogen) atoms. The number of anilines is 2. The SMILES string of the molecule is CC(C)(C)c1cnc(CSc2cnc(NC(=S)Nc3c(F)cccc3F)s2)o1. The lowest BCUT2D eigenvalue weighted by Crippen LogP contribution is -2.20. The number of aromatic nitrogens is 2. The summed E-state index contributed by atoms with van der Waals surface area (Å²) in [5.41, 5.74) is -0.387. The number of hydrogen-bond donors (Lipinski definition) is 2. The Morgan fingerprint density at radius 2 is 1.89 bits per heavy atom. The van der Waals surface area contributed by atoms with E-state index >= 15 is 0 Å². The average Bonchev–Trinajstić information content (AvgIpc) is 3.25. The summed E-state index contributed by atoms with van der Waals surface area (Å²) in [6.07, 6.45) is 3.44. The molecule has 1 aromatic carbocycles. The molecule has 2 aromatic heterocycles. The molecule has 0 unspecified atom stereocenters. The summed E-state index contributed by atoms with van der Waals surface area (Å²) in [6, 6.07) is 3.59. The summed E-state index contributed by atoms with van der Waals surface area (Å²) < 4.78 is 34.0. The average molecular weight is 441 g/mol. The second-order valence-electron chi connectivity index (χ2n) is 6.82. The summed E-state index contributed by atoms with van der Waals surface area (Å²) in [5.74, 6) is 0.609. The van der Waals surface area contributed by atoms with Gasteiger partial charge in [-0.05, 0) is 24.4 Å². The van der Waals surface area contributed by atoms with Gasteiger partial charge in [0.05, 0.1) is 22.4 Å². The molecule has 2 N–H and O–H groups in total. The topological polar surface area (TPSA) is 63.0 Å². The van der Waals surface area contributed by atoms with Crippen LogP contribution in [0.25, 0.3) is 0 Å². The molecule has 5 nitrogen and oxygen atoms in total. The predicted octanol–water partition coefficient (Wildman–Crippen LogP) is 5.81. The fraction of sp³-hybridized carbons (Fsp3) is 0.278. The summed E-state index contributed by atoms with van der Waals surface area (Å²) in [6.45, 7) is 6.20. The Morgan fingerprint density at radius 1 is 1.18 bits per heavy atom. The molecule has 3 aromatic rings. The number of rotatable bonds is 5. The van der Waals surface area contributed by atoms with Crippen molar-refractivity contribution in [3.63, 3.8) is 0 Å². The maximum atomic E-state index is 13.7. The van der Waals surface area contributed by atoms with E-state index in [9.17, 15) is 8.78 Å². The first kappa shape index (κ1) is 20.7. The number of hydrogen-bond acceptors (Lipinski definition) is 6. The molecule has 3 rings (SSSR count). The van der Waals surface area contributed by atoms with Crippen LogP contribution in [-0.4, -0.2) is 15.1 Å². The van der Waals surface area contributed by atoms with Gasteiger partial charge >= 0.3 is 0 Å². The van der Waals surface area contributed by atoms with Crippen LogP contribution in [0, 0.1) is 11.6 Å². The van der Waals surface area contributed by atoms with Crippen LogP contribution in [0.3, 0.4) is 0 Å². The quantitative estimate of drug-likeness (QED) is 0.383. The minimum Gasteiger partial charge on any atom is -0.444 e. The lowest BCUT2D eigenvalue weighted by atomic mass is 9.94. The number of benzene rings is 1. The molecular formula is C18H18F2N4OS3. The van der Waals surface area contributed by atoms with E-state index < -0.39 is 11.6 Å². The third-order valence-corrected chi connectivity index (χ3v) is 5.83. The molecule has 0 aliphatic heterocycles. The fourth-order valence-electron chi connectivity index (χ4n) is 2.10. The van der Waals surface area contributed by atoms with Gasteiger partial charge in [-0.2, -0.15) is 0 Å². The van der Waals surface area contributed by atoms with Crippen molar-refractivity contribution in [2.45, 2.75) is 36.1 Å².